The number of hydrogen-bond acceptors (Lipinski definition) is 4. The first-order valence-electron chi connectivity index (χ1n) is 3.10. The third kappa shape index (κ3) is 2.88. The fourth-order valence-electron chi connectivity index (χ4n) is 0.694. The van der Waals surface area contributed by atoms with Gasteiger partial charge in [-0.25, -0.2) is 4.39 Å². The van der Waals surface area contributed by atoms with Gasteiger partial charge in [0.15, 0.2) is 5.75 Å². The van der Waals surface area contributed by atoms with E-state index in [4.69, 9.17) is 10.3 Å². The van der Waals surface area contributed by atoms with Crippen molar-refractivity contribution in [3.05, 3.63) is 24.0 Å². The highest BCUT2D eigenvalue weighted by Crippen LogP contribution is 2.22. The summed E-state index contributed by atoms with van der Waals surface area (Å²) >= 11 is 0. The molecule has 1 aromatic rings. The summed E-state index contributed by atoms with van der Waals surface area (Å²) in [5.41, 5.74) is 5.15. The Kier molecular flexibility index (Phi) is 2.39. The molecule has 0 aliphatic carbocycles. The van der Waals surface area contributed by atoms with Crippen LogP contribution in [0.25, 0.3) is 0 Å². The molecule has 3 N–H and O–H groups in total. The van der Waals surface area contributed by atoms with Crippen molar-refractivity contribution in [2.75, 3.05) is 5.73 Å². The first-order valence-corrected chi connectivity index (χ1v) is 4.47. The molecular formula is C6H6FNO4S. The van der Waals surface area contributed by atoms with Crippen LogP contribution in [0.3, 0.4) is 0 Å². The van der Waals surface area contributed by atoms with E-state index in [1.807, 2.05) is 0 Å². The molecule has 0 aliphatic rings. The molecule has 0 atom stereocenters. The highest BCUT2D eigenvalue weighted by atomic mass is 32.3. The van der Waals surface area contributed by atoms with Crippen molar-refractivity contribution in [2.24, 2.45) is 0 Å². The lowest BCUT2D eigenvalue weighted by molar-refractivity contribution is 0.386. The van der Waals surface area contributed by atoms with E-state index in [0.29, 0.717) is 0 Å². The summed E-state index contributed by atoms with van der Waals surface area (Å²) in [4.78, 5) is 0. The Morgan fingerprint density at radius 3 is 2.62 bits per heavy atom. The Morgan fingerprint density at radius 1 is 1.46 bits per heavy atom. The molecule has 0 fully saturated rings. The molecule has 0 spiro atoms. The SMILES string of the molecule is Nc1ccc(F)cc1OS(=O)(=O)O. The van der Waals surface area contributed by atoms with Crippen LogP contribution in [0.5, 0.6) is 5.75 Å². The smallest absolute Gasteiger partial charge is 0.396 e. The van der Waals surface area contributed by atoms with Gasteiger partial charge in [-0.15, -0.1) is 0 Å². The number of nitrogens with two attached hydrogens (primary N) is 1. The van der Waals surface area contributed by atoms with Gasteiger partial charge in [0.05, 0.1) is 5.69 Å². The van der Waals surface area contributed by atoms with Gasteiger partial charge in [-0.1, -0.05) is 0 Å². The van der Waals surface area contributed by atoms with Gasteiger partial charge in [-0.05, 0) is 12.1 Å². The number of nitrogen functional groups attached to an aromatic ring is 1. The fourth-order valence-corrected chi connectivity index (χ4v) is 1.07. The molecule has 0 unspecified atom stereocenters. The second kappa shape index (κ2) is 3.19. The third-order valence-corrected chi connectivity index (χ3v) is 1.56. The zero-order valence-corrected chi connectivity index (χ0v) is 7.08. The van der Waals surface area contributed by atoms with Crippen molar-refractivity contribution >= 4 is 16.1 Å². The summed E-state index contributed by atoms with van der Waals surface area (Å²) in [6.45, 7) is 0. The predicted molar refractivity (Wildman–Crippen MR) is 43.0 cm³/mol. The van der Waals surface area contributed by atoms with Crippen LogP contribution in [0.15, 0.2) is 18.2 Å². The summed E-state index contributed by atoms with van der Waals surface area (Å²) in [5.74, 6) is -1.16. The Morgan fingerprint density at radius 2 is 2.08 bits per heavy atom. The molecule has 7 heteroatoms. The molecule has 5 nitrogen and oxygen atoms in total. The van der Waals surface area contributed by atoms with Crippen LogP contribution < -0.4 is 9.92 Å². The lowest BCUT2D eigenvalue weighted by atomic mass is 10.3. The van der Waals surface area contributed by atoms with E-state index in [0.717, 1.165) is 18.2 Å². The molecular weight excluding hydrogens is 201 g/mol. The Labute approximate surface area is 73.9 Å². The van der Waals surface area contributed by atoms with Crippen LogP contribution >= 0.6 is 0 Å². The number of anilines is 1. The summed E-state index contributed by atoms with van der Waals surface area (Å²) in [6.07, 6.45) is 0. The molecule has 1 rings (SSSR count). The minimum atomic E-state index is -4.66. The van der Waals surface area contributed by atoms with Crippen molar-refractivity contribution in [1.82, 2.24) is 0 Å². The van der Waals surface area contributed by atoms with Crippen LogP contribution in [0.1, 0.15) is 0 Å². The van der Waals surface area contributed by atoms with Gasteiger partial charge < -0.3 is 9.92 Å². The Bertz CT molecular complexity index is 417. The van der Waals surface area contributed by atoms with E-state index in [-0.39, 0.29) is 5.69 Å². The molecule has 0 heterocycles. The van der Waals surface area contributed by atoms with Crippen LogP contribution in [0.4, 0.5) is 10.1 Å². The summed E-state index contributed by atoms with van der Waals surface area (Å²) < 4.78 is 45.2. The molecule has 0 amide bonds. The number of benzene rings is 1. The molecule has 0 aliphatic heterocycles. The highest BCUT2D eigenvalue weighted by Gasteiger charge is 2.10. The second-order valence-electron chi connectivity index (χ2n) is 2.19. The molecule has 0 saturated heterocycles. The minimum Gasteiger partial charge on any atom is -0.396 e. The van der Waals surface area contributed by atoms with Crippen molar-refractivity contribution in [2.45, 2.75) is 0 Å². The van der Waals surface area contributed by atoms with Crippen LogP contribution in [-0.2, 0) is 10.4 Å². The molecule has 72 valence electrons. The monoisotopic (exact) mass is 207 g/mol. The first-order chi connectivity index (χ1) is 5.88. The topological polar surface area (TPSA) is 89.6 Å². The first kappa shape index (κ1) is 9.75. The van der Waals surface area contributed by atoms with Gasteiger partial charge in [-0.3, -0.25) is 4.55 Å². The van der Waals surface area contributed by atoms with E-state index < -0.39 is 22.0 Å². The summed E-state index contributed by atoms with van der Waals surface area (Å²) in [5, 5.41) is 0. The summed E-state index contributed by atoms with van der Waals surface area (Å²) in [6, 6.07) is 2.91. The number of rotatable bonds is 2. The Balaban J connectivity index is 3.08. The van der Waals surface area contributed by atoms with Gasteiger partial charge in [0.25, 0.3) is 0 Å². The van der Waals surface area contributed by atoms with Gasteiger partial charge >= 0.3 is 10.4 Å². The van der Waals surface area contributed by atoms with Crippen molar-refractivity contribution in [1.29, 1.82) is 0 Å². The van der Waals surface area contributed by atoms with Crippen LogP contribution in [-0.4, -0.2) is 13.0 Å². The molecule has 13 heavy (non-hydrogen) atoms. The van der Waals surface area contributed by atoms with Gasteiger partial charge in [0.2, 0.25) is 0 Å². The van der Waals surface area contributed by atoms with E-state index in [9.17, 15) is 12.8 Å². The molecule has 0 bridgehead atoms. The van der Waals surface area contributed by atoms with Crippen molar-refractivity contribution < 1.29 is 21.5 Å². The third-order valence-electron chi connectivity index (χ3n) is 1.17. The summed E-state index contributed by atoms with van der Waals surface area (Å²) in [7, 11) is -4.66. The van der Waals surface area contributed by atoms with E-state index in [1.165, 1.54) is 0 Å². The second-order valence-corrected chi connectivity index (χ2v) is 3.22. The fraction of sp³-hybridized carbons (Fsp3) is 0. The van der Waals surface area contributed by atoms with Gasteiger partial charge in [-0.2, -0.15) is 8.42 Å². The van der Waals surface area contributed by atoms with Crippen molar-refractivity contribution in [3.8, 4) is 5.75 Å². The zero-order chi connectivity index (χ0) is 10.1. The maximum Gasteiger partial charge on any atom is 0.446 e. The van der Waals surface area contributed by atoms with E-state index in [1.54, 1.807) is 0 Å². The van der Waals surface area contributed by atoms with E-state index >= 15 is 0 Å². The average molecular weight is 207 g/mol. The standard InChI is InChI=1S/C6H6FNO4S/c7-4-1-2-5(8)6(3-4)12-13(9,10)11/h1-3H,8H2,(H,9,10,11). The zero-order valence-electron chi connectivity index (χ0n) is 6.27. The Hall–Kier alpha value is -1.34. The molecule has 0 saturated carbocycles. The average Bonchev–Trinajstić information content (AvgIpc) is 1.94. The highest BCUT2D eigenvalue weighted by molar-refractivity contribution is 7.81. The maximum atomic E-state index is 12.5. The molecule has 1 aromatic carbocycles. The van der Waals surface area contributed by atoms with Crippen LogP contribution in [0.2, 0.25) is 0 Å². The quantitative estimate of drug-likeness (QED) is 0.547. The molecule has 0 aromatic heterocycles. The van der Waals surface area contributed by atoms with Crippen molar-refractivity contribution in [3.63, 3.8) is 0 Å². The lowest BCUT2D eigenvalue weighted by Gasteiger charge is -2.03. The predicted octanol–water partition coefficient (Wildman–Crippen LogP) is 0.589. The maximum absolute atomic E-state index is 12.5. The van der Waals surface area contributed by atoms with Crippen LogP contribution in [0, 0.1) is 5.82 Å². The normalized spacial score (nSPS) is 11.2. The minimum absolute atomic E-state index is 0.0842. The van der Waals surface area contributed by atoms with Gasteiger partial charge in [0.1, 0.15) is 5.82 Å². The number of hydrogen-bond donors (Lipinski definition) is 2. The lowest BCUT2D eigenvalue weighted by Crippen LogP contribution is -2.08. The van der Waals surface area contributed by atoms with E-state index in [2.05, 4.69) is 4.18 Å². The molecule has 0 radical (unpaired) electrons. The number of halogens is 1. The largest absolute Gasteiger partial charge is 0.446 e. The van der Waals surface area contributed by atoms with Gasteiger partial charge in [0, 0.05) is 6.07 Å².